The summed E-state index contributed by atoms with van der Waals surface area (Å²) in [6.45, 7) is 2.65. The van der Waals surface area contributed by atoms with Crippen LogP contribution in [-0.2, 0) is 36.8 Å². The molecule has 1 spiro atoms. The Morgan fingerprint density at radius 3 is 2.22 bits per heavy atom. The zero-order valence-corrected chi connectivity index (χ0v) is 30.4. The number of carbonyl (C=O) groups is 3. The Kier molecular flexibility index (Phi) is 11.5. The number of hydrogen-bond acceptors (Lipinski definition) is 9. The predicted molar refractivity (Wildman–Crippen MR) is 203 cm³/mol. The molecule has 0 radical (unpaired) electrons. The average Bonchev–Trinajstić information content (AvgIpc) is 3.53. The summed E-state index contributed by atoms with van der Waals surface area (Å²) in [5.41, 5.74) is 4.52. The van der Waals surface area contributed by atoms with Crippen molar-refractivity contribution < 1.29 is 33.7 Å². The van der Waals surface area contributed by atoms with E-state index in [1.54, 1.807) is 12.1 Å². The van der Waals surface area contributed by atoms with E-state index in [2.05, 4.69) is 37.9 Å². The second-order valence-electron chi connectivity index (χ2n) is 14.1. The van der Waals surface area contributed by atoms with Crippen molar-refractivity contribution >= 4 is 29.3 Å². The fourth-order valence-electron chi connectivity index (χ4n) is 7.69. The summed E-state index contributed by atoms with van der Waals surface area (Å²) in [6, 6.07) is 33.2. The number of nitrogens with zero attached hydrogens (tertiary/aromatic N) is 2. The van der Waals surface area contributed by atoms with Crippen LogP contribution in [0.2, 0.25) is 0 Å². The molecule has 3 aliphatic heterocycles. The first-order valence-electron chi connectivity index (χ1n) is 18.5. The topological polar surface area (TPSA) is 142 Å². The van der Waals surface area contributed by atoms with Gasteiger partial charge in [0.15, 0.2) is 6.29 Å². The third kappa shape index (κ3) is 8.42. The monoisotopic (exact) mass is 733 g/mol. The second-order valence-corrected chi connectivity index (χ2v) is 14.1. The van der Waals surface area contributed by atoms with Crippen molar-refractivity contribution in [3.63, 3.8) is 0 Å². The molecule has 3 saturated heterocycles. The fourth-order valence-corrected chi connectivity index (χ4v) is 7.69. The van der Waals surface area contributed by atoms with Crippen LogP contribution >= 0.6 is 0 Å². The van der Waals surface area contributed by atoms with E-state index in [0.717, 1.165) is 41.0 Å². The first-order valence-corrected chi connectivity index (χ1v) is 18.5. The summed E-state index contributed by atoms with van der Waals surface area (Å²) in [4.78, 5) is 43.2. The van der Waals surface area contributed by atoms with Gasteiger partial charge in [-0.2, -0.15) is 0 Å². The van der Waals surface area contributed by atoms with Crippen molar-refractivity contribution in [2.24, 2.45) is 0 Å². The number of esters is 1. The van der Waals surface area contributed by atoms with Gasteiger partial charge in [-0.15, -0.1) is 0 Å². The number of nitrogens with one attached hydrogen (secondary N) is 3. The zero-order chi connectivity index (χ0) is 37.5. The van der Waals surface area contributed by atoms with Gasteiger partial charge in [0, 0.05) is 49.4 Å². The standard InChI is InChI=1S/C42H47N5O7/c1-52-38(49)36(24-29-8-4-2-5-9-29)45-41(51)44-33-18-16-32(17-19-33)39-53-35(25-37(54-39)31-14-12-30(27-48)13-15-31)26-46-22-20-42(21-23-46)40(50)43-28-47(42)34-10-6-3-7-11-34/h2-19,35-37,39,48H,20-28H2,1H3,(H,43,50)(H2,44,45,51)/t35-,36-,37+,39+/m0/s1. The summed E-state index contributed by atoms with van der Waals surface area (Å²) in [7, 11) is 1.30. The van der Waals surface area contributed by atoms with Crippen LogP contribution in [0.1, 0.15) is 53.9 Å². The number of aliphatic hydroxyl groups excluding tert-OH is 1. The number of urea groups is 1. The van der Waals surface area contributed by atoms with Gasteiger partial charge in [0.05, 0.1) is 32.6 Å². The molecule has 0 saturated carbocycles. The van der Waals surface area contributed by atoms with Gasteiger partial charge >= 0.3 is 12.0 Å². The number of likely N-dealkylation sites (tertiary alicyclic amines) is 1. The summed E-state index contributed by atoms with van der Waals surface area (Å²) in [6.07, 6.45) is 1.26. The molecule has 12 nitrogen and oxygen atoms in total. The molecule has 0 aliphatic carbocycles. The van der Waals surface area contributed by atoms with E-state index in [9.17, 15) is 19.5 Å². The molecule has 3 heterocycles. The van der Waals surface area contributed by atoms with E-state index in [4.69, 9.17) is 14.2 Å². The Bertz CT molecular complexity index is 1870. The molecule has 7 rings (SSSR count). The number of carbonyl (C=O) groups excluding carboxylic acids is 3. The van der Waals surface area contributed by atoms with Crippen molar-refractivity contribution in [3.8, 4) is 0 Å². The van der Waals surface area contributed by atoms with Crippen LogP contribution in [0.15, 0.2) is 109 Å². The minimum atomic E-state index is -0.857. The molecule has 4 aromatic rings. The molecule has 3 aliphatic rings. The lowest BCUT2D eigenvalue weighted by atomic mass is 9.85. The van der Waals surface area contributed by atoms with E-state index < -0.39 is 29.9 Å². The number of methoxy groups -OCH3 is 1. The van der Waals surface area contributed by atoms with Crippen molar-refractivity contribution in [1.29, 1.82) is 0 Å². The van der Waals surface area contributed by atoms with Crippen molar-refractivity contribution in [2.75, 3.05) is 43.6 Å². The Balaban J connectivity index is 1.01. The third-order valence-electron chi connectivity index (χ3n) is 10.7. The highest BCUT2D eigenvalue weighted by Crippen LogP contribution is 2.40. The van der Waals surface area contributed by atoms with Gasteiger partial charge in [-0.3, -0.25) is 4.79 Å². The van der Waals surface area contributed by atoms with Gasteiger partial charge in [-0.25, -0.2) is 9.59 Å². The van der Waals surface area contributed by atoms with E-state index in [1.165, 1.54) is 7.11 Å². The van der Waals surface area contributed by atoms with Crippen molar-refractivity contribution in [1.82, 2.24) is 15.5 Å². The van der Waals surface area contributed by atoms with E-state index in [1.807, 2.05) is 84.9 Å². The molecular weight excluding hydrogens is 686 g/mol. The highest BCUT2D eigenvalue weighted by atomic mass is 16.7. The SMILES string of the molecule is COC(=O)[C@H](Cc1ccccc1)NC(=O)Nc1ccc([C@@H]2O[C@H](CN3CCC4(CC3)C(=O)NCN4c3ccccc3)C[C@H](c3ccc(CO)cc3)O2)cc1. The third-order valence-corrected chi connectivity index (χ3v) is 10.7. The Morgan fingerprint density at radius 2 is 1.56 bits per heavy atom. The maximum Gasteiger partial charge on any atom is 0.328 e. The molecule has 3 fully saturated rings. The second kappa shape index (κ2) is 16.8. The van der Waals surface area contributed by atoms with Crippen LogP contribution in [0.5, 0.6) is 0 Å². The molecule has 4 atom stereocenters. The van der Waals surface area contributed by atoms with Crippen LogP contribution in [-0.4, -0.2) is 79.0 Å². The van der Waals surface area contributed by atoms with Gasteiger partial charge in [-0.05, 0) is 53.8 Å². The van der Waals surface area contributed by atoms with Gasteiger partial charge in [-0.1, -0.05) is 84.9 Å². The highest BCUT2D eigenvalue weighted by molar-refractivity contribution is 5.94. The van der Waals surface area contributed by atoms with Gasteiger partial charge in [0.1, 0.15) is 11.6 Å². The summed E-state index contributed by atoms with van der Waals surface area (Å²) >= 11 is 0. The average molecular weight is 734 g/mol. The number of anilines is 2. The largest absolute Gasteiger partial charge is 0.467 e. The summed E-state index contributed by atoms with van der Waals surface area (Å²) < 4.78 is 18.1. The molecule has 0 bridgehead atoms. The maximum atomic E-state index is 13.2. The number of amides is 3. The Hall–Kier alpha value is -5.27. The van der Waals surface area contributed by atoms with Gasteiger partial charge in [0.25, 0.3) is 0 Å². The normalized spacial score (nSPS) is 21.6. The molecule has 0 unspecified atom stereocenters. The van der Waals surface area contributed by atoms with Crippen LogP contribution in [0, 0.1) is 0 Å². The number of aliphatic hydroxyl groups is 1. The lowest BCUT2D eigenvalue weighted by molar-refractivity contribution is -0.253. The summed E-state index contributed by atoms with van der Waals surface area (Å²) in [5, 5.41) is 18.2. The number of piperidine rings is 1. The Labute approximate surface area is 315 Å². The van der Waals surface area contributed by atoms with Crippen LogP contribution in [0.3, 0.4) is 0 Å². The number of ether oxygens (including phenoxy) is 3. The number of hydrogen-bond donors (Lipinski definition) is 4. The van der Waals surface area contributed by atoms with Crippen LogP contribution < -0.4 is 20.9 Å². The lowest BCUT2D eigenvalue weighted by Gasteiger charge is -2.45. The molecule has 12 heteroatoms. The van der Waals surface area contributed by atoms with Gasteiger partial charge < -0.3 is 45.1 Å². The van der Waals surface area contributed by atoms with E-state index >= 15 is 0 Å². The number of para-hydroxylation sites is 1. The van der Waals surface area contributed by atoms with E-state index in [0.29, 0.717) is 44.6 Å². The van der Waals surface area contributed by atoms with Gasteiger partial charge in [0.2, 0.25) is 5.91 Å². The van der Waals surface area contributed by atoms with Crippen molar-refractivity contribution in [2.45, 2.75) is 62.4 Å². The summed E-state index contributed by atoms with van der Waals surface area (Å²) in [5.74, 6) is -0.445. The van der Waals surface area contributed by atoms with E-state index in [-0.39, 0.29) is 24.7 Å². The smallest absolute Gasteiger partial charge is 0.328 e. The molecule has 0 aromatic heterocycles. The number of rotatable bonds is 11. The molecule has 4 N–H and O–H groups in total. The Morgan fingerprint density at radius 1 is 0.889 bits per heavy atom. The predicted octanol–water partition coefficient (Wildman–Crippen LogP) is 5.06. The van der Waals surface area contributed by atoms with Crippen molar-refractivity contribution in [3.05, 3.63) is 131 Å². The number of benzene rings is 4. The zero-order valence-electron chi connectivity index (χ0n) is 30.4. The molecule has 282 valence electrons. The minimum Gasteiger partial charge on any atom is -0.467 e. The molecule has 4 aromatic carbocycles. The molecular formula is C42H47N5O7. The molecule has 3 amide bonds. The molecule has 54 heavy (non-hydrogen) atoms. The quantitative estimate of drug-likeness (QED) is 0.156. The lowest BCUT2D eigenvalue weighted by Crippen LogP contribution is -2.57. The first-order chi connectivity index (χ1) is 26.3. The van der Waals surface area contributed by atoms with Crippen LogP contribution in [0.4, 0.5) is 16.2 Å². The first kappa shape index (κ1) is 37.1. The maximum absolute atomic E-state index is 13.2. The van der Waals surface area contributed by atoms with Crippen LogP contribution in [0.25, 0.3) is 0 Å². The fraction of sp³-hybridized carbons (Fsp3) is 0.357. The minimum absolute atomic E-state index is 0.0366. The highest BCUT2D eigenvalue weighted by Gasteiger charge is 2.50.